The van der Waals surface area contributed by atoms with Crippen LogP contribution in [0.25, 0.3) is 0 Å². The van der Waals surface area contributed by atoms with Gasteiger partial charge in [-0.2, -0.15) is 0 Å². The number of likely N-dealkylation sites (tertiary alicyclic amines) is 2. The molecule has 2 saturated heterocycles. The van der Waals surface area contributed by atoms with E-state index in [1.54, 1.807) is 47.1 Å². The van der Waals surface area contributed by atoms with Crippen molar-refractivity contribution in [2.75, 3.05) is 27.2 Å². The molecular weight excluding hydrogens is 929 g/mol. The van der Waals surface area contributed by atoms with Crippen LogP contribution in [0, 0.1) is 10.8 Å². The summed E-state index contributed by atoms with van der Waals surface area (Å²) in [7, 11) is 3.37. The SMILES string of the molecule is CN[C@@H](C)C(=O)N[C@H](C(=O)N1C[C@@H](n2cc(CCCc3cn([C@H]4C[C@@H](C(=O)N[C@H](C)c5ccccc5)N(C(=O)[C@@H](NC(=O)[C@H](C)NC)C(C)(C)C)C4)nn3)nn2)C[C@H]1C(=O)N[C@H](C)C1=CC=CCC1)C(C)(C)C. The summed E-state index contributed by atoms with van der Waals surface area (Å²) in [6.07, 6.45) is 14.0. The van der Waals surface area contributed by atoms with Gasteiger partial charge in [0.15, 0.2) is 0 Å². The van der Waals surface area contributed by atoms with E-state index in [9.17, 15) is 28.8 Å². The molecule has 2 aromatic heterocycles. The fourth-order valence-electron chi connectivity index (χ4n) is 9.60. The number of rotatable bonds is 20. The van der Waals surface area contributed by atoms with Crippen LogP contribution in [-0.2, 0) is 41.6 Å². The van der Waals surface area contributed by atoms with Gasteiger partial charge in [0.05, 0.1) is 41.6 Å². The van der Waals surface area contributed by atoms with Gasteiger partial charge in [-0.3, -0.25) is 28.8 Å². The van der Waals surface area contributed by atoms with Crippen LogP contribution in [0.3, 0.4) is 0 Å². The first-order chi connectivity index (χ1) is 34.5. The number of carbonyl (C=O) groups is 6. The number of hydrogen-bond donors (Lipinski definition) is 6. The zero-order chi connectivity index (χ0) is 53.4. The Morgan fingerprint density at radius 1 is 0.644 bits per heavy atom. The highest BCUT2D eigenvalue weighted by molar-refractivity contribution is 5.95. The minimum atomic E-state index is -0.903. The molecule has 0 spiro atoms. The predicted octanol–water partition coefficient (Wildman–Crippen LogP) is 3.27. The Balaban J connectivity index is 1.14. The van der Waals surface area contributed by atoms with Gasteiger partial charge < -0.3 is 41.7 Å². The molecule has 4 heterocycles. The topological polar surface area (TPSA) is 242 Å². The van der Waals surface area contributed by atoms with Gasteiger partial charge in [-0.05, 0) is 95.9 Å². The lowest BCUT2D eigenvalue weighted by molar-refractivity contribution is -0.144. The van der Waals surface area contributed by atoms with Crippen LogP contribution in [0.2, 0.25) is 0 Å². The lowest BCUT2D eigenvalue weighted by Gasteiger charge is -2.36. The molecule has 6 rings (SSSR count). The highest BCUT2D eigenvalue weighted by Gasteiger charge is 2.48. The molecule has 73 heavy (non-hydrogen) atoms. The van der Waals surface area contributed by atoms with E-state index >= 15 is 0 Å². The summed E-state index contributed by atoms with van der Waals surface area (Å²) in [4.78, 5) is 86.9. The number of nitrogens with one attached hydrogen (secondary N) is 6. The van der Waals surface area contributed by atoms with E-state index < -0.39 is 47.1 Å². The Morgan fingerprint density at radius 3 is 1.51 bits per heavy atom. The van der Waals surface area contributed by atoms with Crippen molar-refractivity contribution in [3.63, 3.8) is 0 Å². The normalized spacial score (nSPS) is 21.6. The second-order valence-electron chi connectivity index (χ2n) is 22.2. The zero-order valence-corrected chi connectivity index (χ0v) is 44.9. The van der Waals surface area contributed by atoms with Crippen molar-refractivity contribution in [3.05, 3.63) is 83.5 Å². The standard InChI is InChI=1S/C53H80N14O6/c1-32(36-20-15-13-16-21-36)56-48(70)42-26-40(30-64(42)50(72)44(52(5,6)7)58-46(68)34(3)54-11)66-28-38(60-62-66)24-19-25-39-29-67(63-61-39)41-27-43(49(71)57-33(2)37-22-17-14-18-23-37)65(31-41)51(73)45(53(8,9)10)59-47(69)35(4)55-12/h13-17,20-22,28-29,32-35,40-45,54-55H,18-19,23-27,30-31H2,1-12H3,(H,56,70)(H,57,71)(H,58,68)(H,59,69)/t32-,33-,34+,35+,40+,41+,42+,43+,44-,45-/m1/s1. The summed E-state index contributed by atoms with van der Waals surface area (Å²) >= 11 is 0. The van der Waals surface area contributed by atoms with Gasteiger partial charge in [-0.25, -0.2) is 9.36 Å². The largest absolute Gasteiger partial charge is 0.348 e. The molecule has 1 aliphatic carbocycles. The number of carbonyl (C=O) groups excluding carboxylic acids is 6. The molecule has 3 aromatic rings. The lowest BCUT2D eigenvalue weighted by Crippen LogP contribution is -2.59. The Kier molecular flexibility index (Phi) is 18.5. The van der Waals surface area contributed by atoms with E-state index in [0.717, 1.165) is 35.4 Å². The summed E-state index contributed by atoms with van der Waals surface area (Å²) in [5.41, 5.74) is 2.19. The highest BCUT2D eigenvalue weighted by Crippen LogP contribution is 2.34. The summed E-state index contributed by atoms with van der Waals surface area (Å²) in [6, 6.07) is 3.90. The maximum absolute atomic E-state index is 14.6. The van der Waals surface area contributed by atoms with E-state index in [1.807, 2.05) is 110 Å². The number of amides is 6. The number of likely N-dealkylation sites (N-methyl/N-ethyl adjacent to an activating group) is 2. The maximum Gasteiger partial charge on any atom is 0.246 e. The van der Waals surface area contributed by atoms with Crippen LogP contribution in [0.15, 0.2) is 66.5 Å². The van der Waals surface area contributed by atoms with Crippen LogP contribution in [0.1, 0.15) is 136 Å². The van der Waals surface area contributed by atoms with Crippen molar-refractivity contribution >= 4 is 35.4 Å². The molecule has 398 valence electrons. The molecule has 1 aromatic carbocycles. The first kappa shape index (κ1) is 56.0. The fraction of sp³-hybridized carbons (Fsp3) is 0.623. The monoisotopic (exact) mass is 1010 g/mol. The van der Waals surface area contributed by atoms with Gasteiger partial charge in [0.2, 0.25) is 35.4 Å². The van der Waals surface area contributed by atoms with Crippen LogP contribution in [0.4, 0.5) is 0 Å². The summed E-state index contributed by atoms with van der Waals surface area (Å²) in [5.74, 6) is -1.87. The van der Waals surface area contributed by atoms with E-state index in [-0.39, 0.29) is 72.7 Å². The predicted molar refractivity (Wildman–Crippen MR) is 277 cm³/mol. The molecular formula is C53H80N14O6. The second kappa shape index (κ2) is 24.2. The summed E-state index contributed by atoms with van der Waals surface area (Å²) in [6.45, 7) is 19.1. The van der Waals surface area contributed by atoms with E-state index in [1.165, 1.54) is 0 Å². The van der Waals surface area contributed by atoms with Crippen LogP contribution in [-0.4, -0.2) is 145 Å². The van der Waals surface area contributed by atoms with Gasteiger partial charge in [0.1, 0.15) is 24.2 Å². The molecule has 20 nitrogen and oxygen atoms in total. The molecule has 0 saturated carbocycles. The van der Waals surface area contributed by atoms with Crippen LogP contribution in [0.5, 0.6) is 0 Å². The van der Waals surface area contributed by atoms with Gasteiger partial charge in [0, 0.05) is 44.4 Å². The van der Waals surface area contributed by atoms with Crippen molar-refractivity contribution in [1.29, 1.82) is 0 Å². The number of aryl methyl sites for hydroxylation is 2. The maximum atomic E-state index is 14.6. The summed E-state index contributed by atoms with van der Waals surface area (Å²) in [5, 5.41) is 36.0. The second-order valence-corrected chi connectivity index (χ2v) is 22.2. The Morgan fingerprint density at radius 2 is 1.10 bits per heavy atom. The average Bonchev–Trinajstić information content (AvgIpc) is 4.21. The quantitative estimate of drug-likeness (QED) is 0.0957. The minimum Gasteiger partial charge on any atom is -0.348 e. The molecule has 0 radical (unpaired) electrons. The van der Waals surface area contributed by atoms with E-state index in [0.29, 0.717) is 32.1 Å². The number of allylic oxidation sites excluding steroid dienone is 3. The van der Waals surface area contributed by atoms with Crippen molar-refractivity contribution in [1.82, 2.24) is 71.7 Å². The number of hydrogen-bond acceptors (Lipinski definition) is 12. The third-order valence-electron chi connectivity index (χ3n) is 14.5. The molecule has 20 heteroatoms. The van der Waals surface area contributed by atoms with Crippen molar-refractivity contribution in [2.24, 2.45) is 10.8 Å². The Hall–Kier alpha value is -6.28. The van der Waals surface area contributed by atoms with Crippen molar-refractivity contribution < 1.29 is 28.8 Å². The van der Waals surface area contributed by atoms with Crippen molar-refractivity contribution in [2.45, 2.75) is 175 Å². The third kappa shape index (κ3) is 14.1. The minimum absolute atomic E-state index is 0.190. The number of nitrogens with zero attached hydrogens (tertiary/aromatic N) is 8. The molecule has 0 unspecified atom stereocenters. The average molecular weight is 1010 g/mol. The molecule has 6 amide bonds. The van der Waals surface area contributed by atoms with Crippen LogP contribution < -0.4 is 31.9 Å². The van der Waals surface area contributed by atoms with Gasteiger partial charge in [-0.1, -0.05) is 101 Å². The lowest BCUT2D eigenvalue weighted by atomic mass is 9.85. The molecule has 10 atom stereocenters. The van der Waals surface area contributed by atoms with Crippen LogP contribution >= 0.6 is 0 Å². The molecule has 0 bridgehead atoms. The van der Waals surface area contributed by atoms with Gasteiger partial charge in [0.25, 0.3) is 0 Å². The van der Waals surface area contributed by atoms with Gasteiger partial charge >= 0.3 is 0 Å². The number of benzene rings is 1. The first-order valence-corrected chi connectivity index (χ1v) is 25.9. The third-order valence-corrected chi connectivity index (χ3v) is 14.5. The molecule has 2 aliphatic heterocycles. The summed E-state index contributed by atoms with van der Waals surface area (Å²) < 4.78 is 3.47. The van der Waals surface area contributed by atoms with Crippen molar-refractivity contribution in [3.8, 4) is 0 Å². The molecule has 3 aliphatic rings. The Bertz CT molecular complexity index is 2470. The highest BCUT2D eigenvalue weighted by atomic mass is 16.2. The van der Waals surface area contributed by atoms with E-state index in [2.05, 4.69) is 58.6 Å². The smallest absolute Gasteiger partial charge is 0.246 e. The number of aromatic nitrogens is 6. The zero-order valence-electron chi connectivity index (χ0n) is 44.9. The molecule has 2 fully saturated rings. The van der Waals surface area contributed by atoms with Gasteiger partial charge in [-0.15, -0.1) is 10.2 Å². The molecule has 6 N–H and O–H groups in total. The van der Waals surface area contributed by atoms with E-state index in [4.69, 9.17) is 0 Å². The Labute approximate surface area is 430 Å². The first-order valence-electron chi connectivity index (χ1n) is 25.9. The fourth-order valence-corrected chi connectivity index (χ4v) is 9.60.